The number of hydrogen-bond donors (Lipinski definition) is 2. The number of carbonyl (C=O) groups excluding carboxylic acids is 1. The SMILES string of the molecule is CC(C)c1cc(Nc2nc3cc(Oc4ccnc(C(=O)NCCCS(=O)(=O)C(C)C)c4)ccc3n2C)ccc1F. The van der Waals surface area contributed by atoms with Crippen molar-refractivity contribution in [2.45, 2.75) is 45.3 Å². The minimum absolute atomic E-state index is 0.0115. The highest BCUT2D eigenvalue weighted by Crippen LogP contribution is 2.29. The molecular weight excluding hydrogens is 533 g/mol. The number of halogens is 1. The molecule has 4 rings (SSSR count). The van der Waals surface area contributed by atoms with E-state index in [0.717, 1.165) is 11.2 Å². The summed E-state index contributed by atoms with van der Waals surface area (Å²) >= 11 is 0. The molecule has 0 fully saturated rings. The summed E-state index contributed by atoms with van der Waals surface area (Å²) in [5.74, 6) is 0.956. The maximum Gasteiger partial charge on any atom is 0.270 e. The molecule has 2 aromatic heterocycles. The van der Waals surface area contributed by atoms with Crippen LogP contribution >= 0.6 is 0 Å². The lowest BCUT2D eigenvalue weighted by atomic mass is 10.0. The van der Waals surface area contributed by atoms with E-state index in [2.05, 4.69) is 20.6 Å². The van der Waals surface area contributed by atoms with E-state index in [9.17, 15) is 17.6 Å². The Morgan fingerprint density at radius 2 is 1.80 bits per heavy atom. The number of nitrogens with one attached hydrogen (secondary N) is 2. The molecule has 11 heteroatoms. The van der Waals surface area contributed by atoms with Gasteiger partial charge in [0.1, 0.15) is 23.0 Å². The molecule has 1 amide bonds. The number of sulfone groups is 1. The first kappa shape index (κ1) is 29.0. The number of aromatic nitrogens is 3. The highest BCUT2D eigenvalue weighted by atomic mass is 32.2. The standard InChI is InChI=1S/C29H34FN5O4S/c1-18(2)23-15-20(7-9-24(23)30)33-29-34-25-16-21(8-10-27(25)35(29)5)39-22-11-13-31-26(17-22)28(36)32-12-6-14-40(37,38)19(3)4/h7-11,13,15-19H,6,12,14H2,1-5H3,(H,32,36)(H,33,34). The average Bonchev–Trinajstić information content (AvgIpc) is 3.21. The van der Waals surface area contributed by atoms with Crippen molar-refractivity contribution in [2.24, 2.45) is 7.05 Å². The summed E-state index contributed by atoms with van der Waals surface area (Å²) in [5.41, 5.74) is 3.09. The zero-order chi connectivity index (χ0) is 29.0. The summed E-state index contributed by atoms with van der Waals surface area (Å²) in [5, 5.41) is 5.53. The molecule has 0 radical (unpaired) electrons. The molecule has 0 saturated heterocycles. The zero-order valence-electron chi connectivity index (χ0n) is 23.2. The topological polar surface area (TPSA) is 115 Å². The van der Waals surface area contributed by atoms with Gasteiger partial charge in [-0.1, -0.05) is 13.8 Å². The second kappa shape index (κ2) is 12.0. The van der Waals surface area contributed by atoms with Crippen molar-refractivity contribution in [2.75, 3.05) is 17.6 Å². The van der Waals surface area contributed by atoms with Crippen LogP contribution in [0, 0.1) is 5.82 Å². The van der Waals surface area contributed by atoms with E-state index in [-0.39, 0.29) is 29.7 Å². The van der Waals surface area contributed by atoms with Crippen molar-refractivity contribution < 1.29 is 22.3 Å². The van der Waals surface area contributed by atoms with Gasteiger partial charge in [0.2, 0.25) is 5.95 Å². The number of aryl methyl sites for hydroxylation is 1. The number of rotatable bonds is 11. The first-order valence-electron chi connectivity index (χ1n) is 13.1. The third-order valence-electron chi connectivity index (χ3n) is 6.54. The molecule has 2 heterocycles. The Morgan fingerprint density at radius 1 is 1.05 bits per heavy atom. The van der Waals surface area contributed by atoms with Gasteiger partial charge in [0.15, 0.2) is 9.84 Å². The Labute approximate surface area is 233 Å². The second-order valence-electron chi connectivity index (χ2n) is 10.2. The molecule has 9 nitrogen and oxygen atoms in total. The maximum absolute atomic E-state index is 14.1. The van der Waals surface area contributed by atoms with Gasteiger partial charge in [-0.15, -0.1) is 0 Å². The van der Waals surface area contributed by atoms with Gasteiger partial charge in [-0.05, 0) is 68.1 Å². The fourth-order valence-electron chi connectivity index (χ4n) is 4.08. The Bertz CT molecular complexity index is 1630. The van der Waals surface area contributed by atoms with Crippen LogP contribution in [0.2, 0.25) is 0 Å². The highest BCUT2D eigenvalue weighted by molar-refractivity contribution is 7.91. The molecule has 0 spiro atoms. The number of ether oxygens (including phenoxy) is 1. The Morgan fingerprint density at radius 3 is 2.52 bits per heavy atom. The fourth-order valence-corrected chi connectivity index (χ4v) is 5.10. The number of imidazole rings is 1. The molecule has 2 aromatic carbocycles. The Kier molecular flexibility index (Phi) is 8.73. The lowest BCUT2D eigenvalue weighted by molar-refractivity contribution is 0.0948. The molecule has 0 atom stereocenters. The van der Waals surface area contributed by atoms with Gasteiger partial charge >= 0.3 is 0 Å². The van der Waals surface area contributed by atoms with Gasteiger partial charge < -0.3 is 19.9 Å². The van der Waals surface area contributed by atoms with Gasteiger partial charge in [0, 0.05) is 37.6 Å². The highest BCUT2D eigenvalue weighted by Gasteiger charge is 2.16. The van der Waals surface area contributed by atoms with Gasteiger partial charge in [0.25, 0.3) is 5.91 Å². The number of nitrogens with zero attached hydrogens (tertiary/aromatic N) is 3. The molecule has 0 aliphatic rings. The van der Waals surface area contributed by atoms with E-state index in [0.29, 0.717) is 34.9 Å². The first-order chi connectivity index (χ1) is 18.9. The average molecular weight is 568 g/mol. The Hall–Kier alpha value is -3.99. The summed E-state index contributed by atoms with van der Waals surface area (Å²) in [4.78, 5) is 21.3. The summed E-state index contributed by atoms with van der Waals surface area (Å²) in [6, 6.07) is 13.6. The van der Waals surface area contributed by atoms with Crippen LogP contribution in [0.5, 0.6) is 11.5 Å². The number of pyridine rings is 1. The van der Waals surface area contributed by atoms with E-state index in [1.165, 1.54) is 18.3 Å². The van der Waals surface area contributed by atoms with Crippen molar-refractivity contribution >= 4 is 38.4 Å². The van der Waals surface area contributed by atoms with Crippen LogP contribution < -0.4 is 15.4 Å². The van der Waals surface area contributed by atoms with Crippen molar-refractivity contribution in [1.29, 1.82) is 0 Å². The third kappa shape index (κ3) is 6.77. The molecule has 0 saturated carbocycles. The number of benzene rings is 2. The monoisotopic (exact) mass is 567 g/mol. The van der Waals surface area contributed by atoms with E-state index >= 15 is 0 Å². The van der Waals surface area contributed by atoms with Crippen LogP contribution in [0.1, 0.15) is 56.1 Å². The molecule has 0 unspecified atom stereocenters. The van der Waals surface area contributed by atoms with Crippen LogP contribution in [0.4, 0.5) is 16.0 Å². The summed E-state index contributed by atoms with van der Waals surface area (Å²) < 4.78 is 45.9. The molecule has 0 bridgehead atoms. The van der Waals surface area contributed by atoms with E-state index in [1.54, 1.807) is 44.2 Å². The number of hydrogen-bond acceptors (Lipinski definition) is 7. The van der Waals surface area contributed by atoms with Crippen LogP contribution in [-0.4, -0.2) is 46.4 Å². The second-order valence-corrected chi connectivity index (χ2v) is 12.8. The summed E-state index contributed by atoms with van der Waals surface area (Å²) in [7, 11) is -1.27. The van der Waals surface area contributed by atoms with Crippen molar-refractivity contribution in [3.63, 3.8) is 0 Å². The Balaban J connectivity index is 1.43. The zero-order valence-corrected chi connectivity index (χ0v) is 24.0. The van der Waals surface area contributed by atoms with Gasteiger partial charge in [0.05, 0.1) is 22.0 Å². The largest absolute Gasteiger partial charge is 0.457 e. The molecule has 4 aromatic rings. The van der Waals surface area contributed by atoms with Crippen LogP contribution in [0.3, 0.4) is 0 Å². The third-order valence-corrected chi connectivity index (χ3v) is 8.83. The van der Waals surface area contributed by atoms with Crippen molar-refractivity contribution in [3.8, 4) is 11.5 Å². The van der Waals surface area contributed by atoms with Crippen molar-refractivity contribution in [1.82, 2.24) is 19.9 Å². The van der Waals surface area contributed by atoms with E-state index in [1.807, 2.05) is 31.5 Å². The molecular formula is C29H34FN5O4S. The van der Waals surface area contributed by atoms with Crippen molar-refractivity contribution in [3.05, 3.63) is 71.8 Å². The fraction of sp³-hybridized carbons (Fsp3) is 0.345. The molecule has 0 aliphatic heterocycles. The number of anilines is 2. The summed E-state index contributed by atoms with van der Waals surface area (Å²) in [6.45, 7) is 7.39. The minimum Gasteiger partial charge on any atom is -0.457 e. The first-order valence-corrected chi connectivity index (χ1v) is 14.8. The lowest BCUT2D eigenvalue weighted by Crippen LogP contribution is -2.28. The van der Waals surface area contributed by atoms with Crippen LogP contribution in [-0.2, 0) is 16.9 Å². The van der Waals surface area contributed by atoms with E-state index < -0.39 is 21.0 Å². The predicted octanol–water partition coefficient (Wildman–Crippen LogP) is 5.71. The minimum atomic E-state index is -3.15. The lowest BCUT2D eigenvalue weighted by Gasteiger charge is -2.11. The normalized spacial score (nSPS) is 11.8. The van der Waals surface area contributed by atoms with Gasteiger partial charge in [-0.2, -0.15) is 0 Å². The maximum atomic E-state index is 14.1. The predicted molar refractivity (Wildman–Crippen MR) is 155 cm³/mol. The van der Waals surface area contributed by atoms with Crippen LogP contribution in [0.25, 0.3) is 11.0 Å². The van der Waals surface area contributed by atoms with E-state index in [4.69, 9.17) is 4.74 Å². The molecule has 0 aliphatic carbocycles. The quantitative estimate of drug-likeness (QED) is 0.223. The molecule has 212 valence electrons. The number of carbonyl (C=O) groups is 1. The van der Waals surface area contributed by atoms with Crippen LogP contribution in [0.15, 0.2) is 54.7 Å². The number of amides is 1. The molecule has 40 heavy (non-hydrogen) atoms. The smallest absolute Gasteiger partial charge is 0.270 e. The number of fused-ring (bicyclic) bond motifs is 1. The van der Waals surface area contributed by atoms with Gasteiger partial charge in [-0.3, -0.25) is 9.78 Å². The molecule has 2 N–H and O–H groups in total. The van der Waals surface area contributed by atoms with Gasteiger partial charge in [-0.25, -0.2) is 17.8 Å². The summed E-state index contributed by atoms with van der Waals surface area (Å²) in [6.07, 6.45) is 1.80.